The maximum Gasteiger partial charge on any atom is 0.278 e. The molecule has 0 unspecified atom stereocenters. The number of thiophene rings is 1. The van der Waals surface area contributed by atoms with Crippen molar-refractivity contribution in [2.24, 2.45) is 7.05 Å². The van der Waals surface area contributed by atoms with Crippen molar-refractivity contribution >= 4 is 33.0 Å². The van der Waals surface area contributed by atoms with Gasteiger partial charge in [-0.05, 0) is 24.1 Å². The van der Waals surface area contributed by atoms with Crippen LogP contribution in [0, 0.1) is 0 Å². The lowest BCUT2D eigenvalue weighted by molar-refractivity contribution is 0.102. The van der Waals surface area contributed by atoms with Crippen LogP contribution in [0.1, 0.15) is 27.7 Å². The summed E-state index contributed by atoms with van der Waals surface area (Å²) in [4.78, 5) is 29.0. The predicted octanol–water partition coefficient (Wildman–Crippen LogP) is 6.08. The molecule has 0 atom stereocenters. The van der Waals surface area contributed by atoms with Crippen molar-refractivity contribution in [3.63, 3.8) is 0 Å². The van der Waals surface area contributed by atoms with Gasteiger partial charge in [-0.25, -0.2) is 4.68 Å². The summed E-state index contributed by atoms with van der Waals surface area (Å²) in [6, 6.07) is 28.0. The van der Waals surface area contributed by atoms with E-state index in [4.69, 9.17) is 4.74 Å². The van der Waals surface area contributed by atoms with Crippen LogP contribution in [0.5, 0.6) is 5.75 Å². The fourth-order valence-corrected chi connectivity index (χ4v) is 5.68. The van der Waals surface area contributed by atoms with Crippen LogP contribution in [0.4, 0.5) is 5.82 Å². The fraction of sp³-hybridized carbons (Fsp3) is 0.167. The quantitative estimate of drug-likeness (QED) is 0.237. The summed E-state index contributed by atoms with van der Waals surface area (Å²) in [7, 11) is 3.19. The molecule has 2 aromatic heterocycles. The molecular formula is C30H27N3O3S. The third kappa shape index (κ3) is 4.78. The molecule has 2 heterocycles. The summed E-state index contributed by atoms with van der Waals surface area (Å²) in [5, 5.41) is 5.53. The van der Waals surface area contributed by atoms with Crippen molar-refractivity contribution in [2.75, 3.05) is 12.0 Å². The normalized spacial score (nSPS) is 11.0. The molecule has 186 valence electrons. The number of fused-ring (bicyclic) bond motifs is 1. The zero-order valence-corrected chi connectivity index (χ0v) is 21.8. The van der Waals surface area contributed by atoms with Gasteiger partial charge in [0.05, 0.1) is 17.6 Å². The lowest BCUT2D eigenvalue weighted by atomic mass is 10.0. The van der Waals surface area contributed by atoms with Crippen LogP contribution in [0.25, 0.3) is 21.2 Å². The lowest BCUT2D eigenvalue weighted by Crippen LogP contribution is -2.30. The molecule has 0 aliphatic heterocycles. The monoisotopic (exact) mass is 509 g/mol. The zero-order valence-electron chi connectivity index (χ0n) is 21.0. The highest BCUT2D eigenvalue weighted by atomic mass is 32.1. The largest absolute Gasteiger partial charge is 0.492 e. The van der Waals surface area contributed by atoms with Crippen LogP contribution in [0.3, 0.4) is 0 Å². The van der Waals surface area contributed by atoms with E-state index >= 15 is 0 Å². The number of ketones is 1. The van der Waals surface area contributed by atoms with Crippen LogP contribution in [-0.2, 0) is 20.1 Å². The summed E-state index contributed by atoms with van der Waals surface area (Å²) < 4.78 is 8.23. The molecule has 0 spiro atoms. The van der Waals surface area contributed by atoms with Crippen molar-refractivity contribution in [2.45, 2.75) is 20.0 Å². The van der Waals surface area contributed by atoms with Crippen LogP contribution in [0.15, 0.2) is 89.7 Å². The average molecular weight is 510 g/mol. The molecule has 0 radical (unpaired) electrons. The van der Waals surface area contributed by atoms with Gasteiger partial charge in [0.25, 0.3) is 5.56 Å². The summed E-state index contributed by atoms with van der Waals surface area (Å²) >= 11 is 1.39. The predicted molar refractivity (Wildman–Crippen MR) is 150 cm³/mol. The van der Waals surface area contributed by atoms with E-state index in [9.17, 15) is 9.59 Å². The molecule has 0 amide bonds. The zero-order chi connectivity index (χ0) is 25.9. The Balaban J connectivity index is 1.77. The lowest BCUT2D eigenvalue weighted by Gasteiger charge is -2.27. The van der Waals surface area contributed by atoms with Gasteiger partial charge in [0.1, 0.15) is 0 Å². The maximum atomic E-state index is 13.7. The first kappa shape index (κ1) is 24.5. The molecule has 0 aliphatic carbocycles. The molecule has 0 N–H and O–H groups in total. The number of aryl methyl sites for hydroxylation is 1. The van der Waals surface area contributed by atoms with Gasteiger partial charge < -0.3 is 9.64 Å². The van der Waals surface area contributed by atoms with Gasteiger partial charge in [-0.2, -0.15) is 0 Å². The molecule has 0 fully saturated rings. The van der Waals surface area contributed by atoms with Crippen LogP contribution in [0.2, 0.25) is 0 Å². The molecule has 0 bridgehead atoms. The number of carbonyl (C=O) groups is 1. The average Bonchev–Trinajstić information content (AvgIpc) is 3.30. The second-order valence-electron chi connectivity index (χ2n) is 8.85. The SMILES string of the molecule is COc1c(N(Cc2ccccc2)Cc2ccccc2)nn(C)c(=O)c1-c1c(C(C)=O)sc2ccccc12. The van der Waals surface area contributed by atoms with Gasteiger partial charge in [-0.3, -0.25) is 9.59 Å². The molecule has 5 rings (SSSR count). The number of hydrogen-bond acceptors (Lipinski definition) is 6. The van der Waals surface area contributed by atoms with E-state index in [2.05, 4.69) is 34.3 Å². The van der Waals surface area contributed by atoms with E-state index in [1.54, 1.807) is 14.2 Å². The van der Waals surface area contributed by atoms with Gasteiger partial charge in [-0.1, -0.05) is 78.9 Å². The first-order chi connectivity index (χ1) is 18.0. The van der Waals surface area contributed by atoms with Gasteiger partial charge in [0.15, 0.2) is 17.4 Å². The standard InChI is InChI=1S/C30H27N3O3S/c1-20(34)28-25(23-16-10-11-17-24(23)37-28)26-27(36-3)29(31-32(2)30(26)35)33(18-21-12-6-4-7-13-21)19-22-14-8-5-9-15-22/h4-17H,18-19H2,1-3H3. The van der Waals surface area contributed by atoms with E-state index < -0.39 is 0 Å². The molecule has 0 aliphatic rings. The Kier molecular flexibility index (Phi) is 6.88. The number of Topliss-reactive ketones (excluding diaryl/α,β-unsaturated/α-hetero) is 1. The number of methoxy groups -OCH3 is 1. The molecule has 0 saturated heterocycles. The van der Waals surface area contributed by atoms with Gasteiger partial charge in [0, 0.05) is 35.8 Å². The van der Waals surface area contributed by atoms with Crippen molar-refractivity contribution in [3.8, 4) is 16.9 Å². The molecule has 5 aromatic rings. The third-order valence-corrected chi connectivity index (χ3v) is 7.56. The van der Waals surface area contributed by atoms with E-state index in [1.165, 1.54) is 22.9 Å². The Morgan fingerprint density at radius 1 is 0.892 bits per heavy atom. The van der Waals surface area contributed by atoms with Crippen molar-refractivity contribution in [1.29, 1.82) is 0 Å². The number of ether oxygens (including phenoxy) is 1. The minimum atomic E-state index is -0.314. The molecule has 37 heavy (non-hydrogen) atoms. The Morgan fingerprint density at radius 2 is 1.46 bits per heavy atom. The number of benzene rings is 3. The molecule has 7 heteroatoms. The van der Waals surface area contributed by atoms with Crippen LogP contribution >= 0.6 is 11.3 Å². The van der Waals surface area contributed by atoms with Crippen molar-refractivity contribution in [3.05, 3.63) is 111 Å². The van der Waals surface area contributed by atoms with E-state index in [1.807, 2.05) is 60.7 Å². The summed E-state index contributed by atoms with van der Waals surface area (Å²) in [5.74, 6) is 0.808. The number of rotatable bonds is 8. The molecule has 3 aromatic carbocycles. The number of aromatic nitrogens is 2. The van der Waals surface area contributed by atoms with E-state index in [0.717, 1.165) is 21.2 Å². The van der Waals surface area contributed by atoms with E-state index in [0.29, 0.717) is 40.7 Å². The Bertz CT molecular complexity index is 1580. The topological polar surface area (TPSA) is 64.4 Å². The number of nitrogens with zero attached hydrogens (tertiary/aromatic N) is 3. The van der Waals surface area contributed by atoms with Gasteiger partial charge in [0.2, 0.25) is 0 Å². The first-order valence-electron chi connectivity index (χ1n) is 12.0. The number of carbonyl (C=O) groups excluding carboxylic acids is 1. The number of anilines is 1. The maximum absolute atomic E-state index is 13.7. The Hall–Kier alpha value is -4.23. The highest BCUT2D eigenvalue weighted by Gasteiger charge is 2.28. The summed E-state index contributed by atoms with van der Waals surface area (Å²) in [6.07, 6.45) is 0. The summed E-state index contributed by atoms with van der Waals surface area (Å²) in [5.41, 5.74) is 2.84. The second kappa shape index (κ2) is 10.4. The van der Waals surface area contributed by atoms with Crippen molar-refractivity contribution in [1.82, 2.24) is 9.78 Å². The minimum absolute atomic E-state index is 0.0934. The van der Waals surface area contributed by atoms with Crippen LogP contribution in [-0.4, -0.2) is 22.7 Å². The fourth-order valence-electron chi connectivity index (χ4n) is 4.58. The van der Waals surface area contributed by atoms with E-state index in [-0.39, 0.29) is 11.3 Å². The Morgan fingerprint density at radius 3 is 2.03 bits per heavy atom. The van der Waals surface area contributed by atoms with Crippen molar-refractivity contribution < 1.29 is 9.53 Å². The first-order valence-corrected chi connectivity index (χ1v) is 12.8. The van der Waals surface area contributed by atoms with Crippen LogP contribution < -0.4 is 15.2 Å². The highest BCUT2D eigenvalue weighted by molar-refractivity contribution is 7.21. The number of hydrogen-bond donors (Lipinski definition) is 0. The minimum Gasteiger partial charge on any atom is -0.492 e. The highest BCUT2D eigenvalue weighted by Crippen LogP contribution is 2.44. The van der Waals surface area contributed by atoms with Gasteiger partial charge in [-0.15, -0.1) is 16.4 Å². The molecular weight excluding hydrogens is 482 g/mol. The summed E-state index contributed by atoms with van der Waals surface area (Å²) in [6.45, 7) is 2.64. The van der Waals surface area contributed by atoms with Gasteiger partial charge >= 0.3 is 0 Å². The molecule has 6 nitrogen and oxygen atoms in total. The smallest absolute Gasteiger partial charge is 0.278 e. The molecule has 0 saturated carbocycles. The third-order valence-electron chi connectivity index (χ3n) is 6.28. The Labute approximate surface area is 219 Å². The second-order valence-corrected chi connectivity index (χ2v) is 9.90.